The molecule has 5 N–H and O–H groups in total. The van der Waals surface area contributed by atoms with Gasteiger partial charge in [-0.2, -0.15) is 5.43 Å². The van der Waals surface area contributed by atoms with Crippen molar-refractivity contribution in [3.8, 4) is 0 Å². The smallest absolute Gasteiger partial charge is 0.110 e. The van der Waals surface area contributed by atoms with Gasteiger partial charge in [-0.3, -0.25) is 5.43 Å². The van der Waals surface area contributed by atoms with E-state index in [1.165, 1.54) is 19.4 Å². The van der Waals surface area contributed by atoms with E-state index in [9.17, 15) is 0 Å². The molecule has 0 saturated carbocycles. The molecule has 2 heterocycles. The van der Waals surface area contributed by atoms with Crippen LogP contribution in [0.4, 0.5) is 0 Å². The fraction of sp³-hybridized carbons (Fsp3) is 1.00. The average Bonchev–Trinajstić information content (AvgIpc) is 2.20. The summed E-state index contributed by atoms with van der Waals surface area (Å²) in [7, 11) is 2.17. The number of nitrogens with one attached hydrogen (secondary N) is 1. The normalized spacial score (nSPS) is 44.2. The number of quaternary nitrogens is 1. The molecule has 0 aliphatic carbocycles. The van der Waals surface area contributed by atoms with Gasteiger partial charge < -0.3 is 10.6 Å². The lowest BCUT2D eigenvalue weighted by molar-refractivity contribution is -0.762. The number of rotatable bonds is 1. The number of nitrogens with zero attached hydrogens (tertiary/aromatic N) is 1. The molecule has 4 unspecified atom stereocenters. The molecule has 0 aromatic carbocycles. The third kappa shape index (κ3) is 2.50. The summed E-state index contributed by atoms with van der Waals surface area (Å²) in [4.78, 5) is 2.35. The molecule has 4 nitrogen and oxygen atoms in total. The molecule has 2 aliphatic rings. The standard InChI is InChI=1S/C11H24N4/c1-8-3-5-13-14-11(8)9-4-6-15(2)7-10(9)12/h8-11,13-14H,3-7,12H2,1-2H3/p+1. The van der Waals surface area contributed by atoms with Gasteiger partial charge in [0.1, 0.15) is 6.04 Å². The second-order valence-electron chi connectivity index (χ2n) is 5.34. The van der Waals surface area contributed by atoms with Crippen molar-refractivity contribution in [1.29, 1.82) is 0 Å². The van der Waals surface area contributed by atoms with Gasteiger partial charge in [-0.15, -0.1) is 0 Å². The predicted molar refractivity (Wildman–Crippen MR) is 61.1 cm³/mol. The van der Waals surface area contributed by atoms with Crippen LogP contribution in [0, 0.1) is 11.8 Å². The van der Waals surface area contributed by atoms with Gasteiger partial charge in [0.15, 0.2) is 0 Å². The van der Waals surface area contributed by atoms with Crippen molar-refractivity contribution in [2.75, 3.05) is 26.7 Å². The number of likely N-dealkylation sites (N-methyl/N-ethyl adjacent to an activating group) is 1. The summed E-state index contributed by atoms with van der Waals surface area (Å²) in [5.74, 6) is 1.48. The molecule has 2 aliphatic heterocycles. The predicted octanol–water partition coefficient (Wildman–Crippen LogP) is -1.26. The van der Waals surface area contributed by atoms with E-state index in [0.717, 1.165) is 19.0 Å². The first-order valence-corrected chi connectivity index (χ1v) is 6.19. The Bertz CT molecular complexity index is 209. The first-order chi connectivity index (χ1) is 7.18. The fourth-order valence-corrected chi connectivity index (χ4v) is 3.08. The van der Waals surface area contributed by atoms with E-state index >= 15 is 0 Å². The molecule has 0 radical (unpaired) electrons. The third-order valence-electron chi connectivity index (χ3n) is 4.12. The van der Waals surface area contributed by atoms with Crippen LogP contribution in [0.15, 0.2) is 0 Å². The molecule has 88 valence electrons. The van der Waals surface area contributed by atoms with Crippen LogP contribution in [-0.2, 0) is 0 Å². The van der Waals surface area contributed by atoms with E-state index < -0.39 is 0 Å². The summed E-state index contributed by atoms with van der Waals surface area (Å²) in [6.45, 7) is 5.77. The molecule has 2 rings (SSSR count). The van der Waals surface area contributed by atoms with E-state index in [1.807, 2.05) is 0 Å². The van der Waals surface area contributed by atoms with Crippen LogP contribution >= 0.6 is 0 Å². The van der Waals surface area contributed by atoms with E-state index in [-0.39, 0.29) is 0 Å². The number of hydrogen-bond donors (Lipinski definition) is 3. The van der Waals surface area contributed by atoms with E-state index in [2.05, 4.69) is 29.7 Å². The lowest BCUT2D eigenvalue weighted by Gasteiger charge is -2.41. The Kier molecular flexibility index (Phi) is 3.61. The van der Waals surface area contributed by atoms with Crippen LogP contribution in [0.25, 0.3) is 0 Å². The molecule has 0 aromatic rings. The third-order valence-corrected chi connectivity index (χ3v) is 4.12. The summed E-state index contributed by atoms with van der Waals surface area (Å²) in [5.41, 5.74) is 12.0. The molecule has 2 fully saturated rings. The van der Waals surface area contributed by atoms with E-state index in [4.69, 9.17) is 5.73 Å². The zero-order valence-corrected chi connectivity index (χ0v) is 9.95. The lowest BCUT2D eigenvalue weighted by atomic mass is 9.79. The van der Waals surface area contributed by atoms with Crippen LogP contribution in [0.2, 0.25) is 0 Å². The monoisotopic (exact) mass is 213 g/mol. The first-order valence-electron chi connectivity index (χ1n) is 6.19. The minimum absolute atomic E-state index is 0.354. The highest BCUT2D eigenvalue weighted by Gasteiger charge is 2.38. The summed E-state index contributed by atoms with van der Waals surface area (Å²) < 4.78 is 0. The van der Waals surface area contributed by atoms with Crippen molar-refractivity contribution in [2.45, 2.75) is 31.8 Å². The van der Waals surface area contributed by atoms with E-state index in [0.29, 0.717) is 18.0 Å². The molecular formula is C11H25N4+. The fourth-order valence-electron chi connectivity index (χ4n) is 3.08. The average molecular weight is 213 g/mol. The Morgan fingerprint density at radius 1 is 1.40 bits per heavy atom. The van der Waals surface area contributed by atoms with Gasteiger partial charge in [0.05, 0.1) is 0 Å². The number of nitrogens with two attached hydrogens (primary N) is 2. The maximum atomic E-state index is 6.27. The van der Waals surface area contributed by atoms with Gasteiger partial charge in [0.25, 0.3) is 0 Å². The maximum Gasteiger partial charge on any atom is 0.110 e. The van der Waals surface area contributed by atoms with Crippen molar-refractivity contribution < 1.29 is 5.43 Å². The highest BCUT2D eigenvalue weighted by molar-refractivity contribution is 4.88. The summed E-state index contributed by atoms with van der Waals surface area (Å²) >= 11 is 0. The zero-order valence-electron chi connectivity index (χ0n) is 9.95. The second kappa shape index (κ2) is 4.78. The highest BCUT2D eigenvalue weighted by Crippen LogP contribution is 2.23. The topological polar surface area (TPSA) is 57.9 Å². The van der Waals surface area contributed by atoms with Gasteiger partial charge in [-0.25, -0.2) is 0 Å². The maximum absolute atomic E-state index is 6.27. The number of piperidine rings is 1. The van der Waals surface area contributed by atoms with E-state index in [1.54, 1.807) is 0 Å². The molecule has 0 amide bonds. The van der Waals surface area contributed by atoms with Crippen LogP contribution in [0.5, 0.6) is 0 Å². The van der Waals surface area contributed by atoms with Gasteiger partial charge in [-0.1, -0.05) is 6.92 Å². The molecule has 0 aromatic heterocycles. The van der Waals surface area contributed by atoms with Crippen molar-refractivity contribution in [3.63, 3.8) is 0 Å². The van der Waals surface area contributed by atoms with Gasteiger partial charge in [0, 0.05) is 31.0 Å². The zero-order chi connectivity index (χ0) is 10.8. The summed E-state index contributed by atoms with van der Waals surface area (Å²) in [5, 5.41) is 0. The second-order valence-corrected chi connectivity index (χ2v) is 5.34. The SMILES string of the molecule is CC1CCN[NH2+]C1C1CCN(C)CC1N. The Morgan fingerprint density at radius 3 is 2.87 bits per heavy atom. The molecule has 15 heavy (non-hydrogen) atoms. The molecule has 0 bridgehead atoms. The van der Waals surface area contributed by atoms with Crippen LogP contribution < -0.4 is 16.6 Å². The van der Waals surface area contributed by atoms with Crippen molar-refractivity contribution in [3.05, 3.63) is 0 Å². The number of hydrogen-bond acceptors (Lipinski definition) is 3. The van der Waals surface area contributed by atoms with Gasteiger partial charge in [0.2, 0.25) is 0 Å². The lowest BCUT2D eigenvalue weighted by Crippen LogP contribution is -3.02. The minimum atomic E-state index is 0.354. The van der Waals surface area contributed by atoms with Crippen LogP contribution in [-0.4, -0.2) is 43.7 Å². The molecule has 2 saturated heterocycles. The van der Waals surface area contributed by atoms with Crippen molar-refractivity contribution in [2.24, 2.45) is 17.6 Å². The quantitative estimate of drug-likeness (QED) is 0.477. The van der Waals surface area contributed by atoms with Gasteiger partial charge >= 0.3 is 0 Å². The van der Waals surface area contributed by atoms with Crippen LogP contribution in [0.3, 0.4) is 0 Å². The largest absolute Gasteiger partial charge is 0.326 e. The highest BCUT2D eigenvalue weighted by atomic mass is 15.4. The molecular weight excluding hydrogens is 188 g/mol. The Balaban J connectivity index is 1.96. The molecule has 4 atom stereocenters. The summed E-state index contributed by atoms with van der Waals surface area (Å²) in [6.07, 6.45) is 2.55. The molecule has 0 spiro atoms. The number of likely N-dealkylation sites (tertiary alicyclic amines) is 1. The van der Waals surface area contributed by atoms with Crippen molar-refractivity contribution in [1.82, 2.24) is 10.3 Å². The van der Waals surface area contributed by atoms with Crippen molar-refractivity contribution >= 4 is 0 Å². The Labute approximate surface area is 92.5 Å². The van der Waals surface area contributed by atoms with Crippen LogP contribution in [0.1, 0.15) is 19.8 Å². The molecule has 4 heteroatoms. The Hall–Kier alpha value is -0.160. The Morgan fingerprint density at radius 2 is 2.20 bits per heavy atom. The minimum Gasteiger partial charge on any atom is -0.326 e. The first kappa shape index (κ1) is 11.3. The summed E-state index contributed by atoms with van der Waals surface area (Å²) in [6, 6.07) is 1.04. The van der Waals surface area contributed by atoms with Gasteiger partial charge in [-0.05, 0) is 26.4 Å².